The van der Waals surface area contributed by atoms with Crippen LogP contribution in [-0.4, -0.2) is 70.5 Å². The average molecular weight is 696 g/mol. The first kappa shape index (κ1) is 37.1. The van der Waals surface area contributed by atoms with Gasteiger partial charge < -0.3 is 25.6 Å². The standard InChI is InChI=1S/C43H57N3O5/c1-30(2)26-40(43(50,33-14-8-4-9-15-33)34-16-10-5-11-17-34)45-42(49)44-35-20-18-31(19-21-35)24-25-46-36-22-23-37(46)28-38(27-36)51-41(48)39(29-47)32-12-6-3-7-13-32/h3-17,30-31,35-40,47,50H,18-29H2,1-2H3,(H2,44,45,49)/t31-,35-,36-,37+,38?,39?,40-/m0/s1. The van der Waals surface area contributed by atoms with Crippen molar-refractivity contribution >= 4 is 12.0 Å². The second-order valence-corrected chi connectivity index (χ2v) is 15.6. The molecule has 0 spiro atoms. The molecule has 51 heavy (non-hydrogen) atoms. The van der Waals surface area contributed by atoms with E-state index in [1.807, 2.05) is 91.0 Å². The molecule has 3 aliphatic rings. The van der Waals surface area contributed by atoms with Crippen molar-refractivity contribution in [3.8, 4) is 0 Å². The number of hydrogen-bond donors (Lipinski definition) is 4. The van der Waals surface area contributed by atoms with Crippen molar-refractivity contribution in [3.63, 3.8) is 0 Å². The van der Waals surface area contributed by atoms with E-state index in [4.69, 9.17) is 4.74 Å². The highest BCUT2D eigenvalue weighted by Gasteiger charge is 2.43. The van der Waals surface area contributed by atoms with Gasteiger partial charge in [0.15, 0.2) is 0 Å². The minimum Gasteiger partial charge on any atom is -0.462 e. The number of fused-ring (bicyclic) bond motifs is 2. The van der Waals surface area contributed by atoms with Gasteiger partial charge in [-0.15, -0.1) is 0 Å². The maximum absolute atomic E-state index is 13.5. The summed E-state index contributed by atoms with van der Waals surface area (Å²) in [4.78, 5) is 29.2. The lowest BCUT2D eigenvalue weighted by Crippen LogP contribution is -2.56. The number of nitrogens with one attached hydrogen (secondary N) is 2. The van der Waals surface area contributed by atoms with Gasteiger partial charge in [-0.3, -0.25) is 9.69 Å². The number of rotatable bonds is 14. The number of amides is 2. The number of aliphatic hydroxyl groups is 2. The van der Waals surface area contributed by atoms with E-state index < -0.39 is 17.6 Å². The highest BCUT2D eigenvalue weighted by molar-refractivity contribution is 5.78. The number of benzene rings is 3. The largest absolute Gasteiger partial charge is 0.462 e. The molecule has 3 aromatic carbocycles. The van der Waals surface area contributed by atoms with Gasteiger partial charge in [-0.2, -0.15) is 0 Å². The van der Waals surface area contributed by atoms with Crippen molar-refractivity contribution in [2.24, 2.45) is 11.8 Å². The molecule has 2 bridgehead atoms. The Morgan fingerprint density at radius 2 is 1.37 bits per heavy atom. The third-order valence-electron chi connectivity index (χ3n) is 11.7. The first-order chi connectivity index (χ1) is 24.7. The van der Waals surface area contributed by atoms with Gasteiger partial charge in [0.2, 0.25) is 0 Å². The second-order valence-electron chi connectivity index (χ2n) is 15.6. The summed E-state index contributed by atoms with van der Waals surface area (Å²) >= 11 is 0. The Morgan fingerprint density at radius 3 is 1.90 bits per heavy atom. The van der Waals surface area contributed by atoms with Gasteiger partial charge in [-0.05, 0) is 86.4 Å². The van der Waals surface area contributed by atoms with Crippen LogP contribution in [0.25, 0.3) is 0 Å². The first-order valence-electron chi connectivity index (χ1n) is 19.3. The molecular weight excluding hydrogens is 638 g/mol. The number of carbonyl (C=O) groups excluding carboxylic acids is 2. The van der Waals surface area contributed by atoms with Crippen LogP contribution in [-0.2, 0) is 15.1 Å². The fourth-order valence-electron chi connectivity index (χ4n) is 9.00. The molecule has 8 nitrogen and oxygen atoms in total. The summed E-state index contributed by atoms with van der Waals surface area (Å²) in [6.45, 7) is 5.05. The highest BCUT2D eigenvalue weighted by atomic mass is 16.5. The molecule has 8 heteroatoms. The molecule has 1 saturated carbocycles. The van der Waals surface area contributed by atoms with Crippen molar-refractivity contribution in [1.29, 1.82) is 0 Å². The van der Waals surface area contributed by atoms with Crippen LogP contribution in [0.5, 0.6) is 0 Å². The van der Waals surface area contributed by atoms with E-state index in [1.165, 1.54) is 0 Å². The smallest absolute Gasteiger partial charge is 0.316 e. The van der Waals surface area contributed by atoms with Gasteiger partial charge >= 0.3 is 12.0 Å². The van der Waals surface area contributed by atoms with Crippen molar-refractivity contribution in [2.45, 2.75) is 120 Å². The van der Waals surface area contributed by atoms with Gasteiger partial charge in [-0.1, -0.05) is 105 Å². The van der Waals surface area contributed by atoms with Crippen molar-refractivity contribution in [2.75, 3.05) is 13.2 Å². The topological polar surface area (TPSA) is 111 Å². The fourth-order valence-corrected chi connectivity index (χ4v) is 9.00. The Morgan fingerprint density at radius 1 is 0.824 bits per heavy atom. The second kappa shape index (κ2) is 17.2. The fraction of sp³-hybridized carbons (Fsp3) is 0.535. The van der Waals surface area contributed by atoms with E-state index in [-0.39, 0.29) is 36.7 Å². The predicted molar refractivity (Wildman–Crippen MR) is 200 cm³/mol. The summed E-state index contributed by atoms with van der Waals surface area (Å²) in [6, 6.07) is 29.0. The average Bonchev–Trinajstić information content (AvgIpc) is 3.39. The molecule has 274 valence electrons. The summed E-state index contributed by atoms with van der Waals surface area (Å²) in [6.07, 6.45) is 9.78. The molecule has 2 aliphatic heterocycles. The van der Waals surface area contributed by atoms with Gasteiger partial charge in [0.25, 0.3) is 0 Å². The number of ether oxygens (including phenoxy) is 1. The Bertz CT molecular complexity index is 1480. The Kier molecular flexibility index (Phi) is 12.5. The van der Waals surface area contributed by atoms with Gasteiger partial charge in [0.1, 0.15) is 17.6 Å². The predicted octanol–water partition coefficient (Wildman–Crippen LogP) is 6.90. The summed E-state index contributed by atoms with van der Waals surface area (Å²) in [5.74, 6) is -0.0591. The van der Waals surface area contributed by atoms with Crippen LogP contribution in [0.2, 0.25) is 0 Å². The van der Waals surface area contributed by atoms with E-state index in [0.29, 0.717) is 24.4 Å². The molecule has 1 aliphatic carbocycles. The molecule has 0 aromatic heterocycles. The molecule has 2 saturated heterocycles. The van der Waals surface area contributed by atoms with Crippen LogP contribution >= 0.6 is 0 Å². The van der Waals surface area contributed by atoms with E-state index in [1.54, 1.807) is 0 Å². The van der Waals surface area contributed by atoms with Crippen LogP contribution in [0.15, 0.2) is 91.0 Å². The molecule has 5 atom stereocenters. The van der Waals surface area contributed by atoms with E-state index in [9.17, 15) is 19.8 Å². The first-order valence-corrected chi connectivity index (χ1v) is 19.3. The number of aliphatic hydroxyl groups excluding tert-OH is 1. The van der Waals surface area contributed by atoms with Gasteiger partial charge in [0.05, 0.1) is 12.6 Å². The Labute approximate surface area is 304 Å². The van der Waals surface area contributed by atoms with Crippen LogP contribution < -0.4 is 10.6 Å². The lowest BCUT2D eigenvalue weighted by Gasteiger charge is -2.40. The molecule has 4 N–H and O–H groups in total. The molecule has 3 fully saturated rings. The summed E-state index contributed by atoms with van der Waals surface area (Å²) < 4.78 is 5.99. The quantitative estimate of drug-likeness (QED) is 0.137. The third kappa shape index (κ3) is 9.02. The van der Waals surface area contributed by atoms with E-state index in [0.717, 1.165) is 81.0 Å². The normalized spacial score (nSPS) is 24.8. The summed E-state index contributed by atoms with van der Waals surface area (Å²) in [7, 11) is 0. The molecule has 2 amide bonds. The number of carbonyl (C=O) groups is 2. The zero-order valence-corrected chi connectivity index (χ0v) is 30.3. The molecule has 2 unspecified atom stereocenters. The monoisotopic (exact) mass is 695 g/mol. The number of piperidine rings is 1. The third-order valence-corrected chi connectivity index (χ3v) is 11.7. The van der Waals surface area contributed by atoms with Crippen LogP contribution in [0.1, 0.15) is 101 Å². The Hall–Kier alpha value is -3.72. The van der Waals surface area contributed by atoms with E-state index in [2.05, 4.69) is 29.4 Å². The molecule has 3 aromatic rings. The molecule has 2 heterocycles. The molecular formula is C43H57N3O5. The van der Waals surface area contributed by atoms with Crippen molar-refractivity contribution in [3.05, 3.63) is 108 Å². The zero-order chi connectivity index (χ0) is 35.8. The minimum atomic E-state index is -1.37. The van der Waals surface area contributed by atoms with Gasteiger partial charge in [-0.25, -0.2) is 4.79 Å². The van der Waals surface area contributed by atoms with Crippen molar-refractivity contribution in [1.82, 2.24) is 15.5 Å². The highest BCUT2D eigenvalue weighted by Crippen LogP contribution is 2.39. The summed E-state index contributed by atoms with van der Waals surface area (Å²) in [5, 5.41) is 28.8. The number of urea groups is 1. The van der Waals surface area contributed by atoms with Crippen LogP contribution in [0.4, 0.5) is 4.79 Å². The maximum Gasteiger partial charge on any atom is 0.316 e. The summed E-state index contributed by atoms with van der Waals surface area (Å²) in [5.41, 5.74) is 0.950. The lowest BCUT2D eigenvalue weighted by molar-refractivity contribution is -0.155. The zero-order valence-electron chi connectivity index (χ0n) is 30.3. The SMILES string of the molecule is CC(C)C[C@H](NC(=O)N[C@H]1CC[C@H](CCN2[C@@H]3CC[C@H]2CC(OC(=O)C(CO)c2ccccc2)C3)CC1)C(O)(c1ccccc1)c1ccccc1. The van der Waals surface area contributed by atoms with Crippen LogP contribution in [0.3, 0.4) is 0 Å². The minimum absolute atomic E-state index is 0.0896. The Balaban J connectivity index is 0.974. The number of hydrogen-bond acceptors (Lipinski definition) is 6. The van der Waals surface area contributed by atoms with Gasteiger partial charge in [0, 0.05) is 31.0 Å². The maximum atomic E-state index is 13.5. The van der Waals surface area contributed by atoms with Crippen molar-refractivity contribution < 1.29 is 24.5 Å². The number of nitrogens with zero attached hydrogens (tertiary/aromatic N) is 1. The van der Waals surface area contributed by atoms with E-state index >= 15 is 0 Å². The lowest BCUT2D eigenvalue weighted by atomic mass is 9.77. The number of esters is 1. The molecule has 6 rings (SSSR count). The molecule has 0 radical (unpaired) electrons. The van der Waals surface area contributed by atoms with Crippen LogP contribution in [0, 0.1) is 11.8 Å².